The van der Waals surface area contributed by atoms with Crippen molar-refractivity contribution >= 4 is 17.4 Å². The lowest BCUT2D eigenvalue weighted by Crippen LogP contribution is -2.11. The van der Waals surface area contributed by atoms with Crippen molar-refractivity contribution in [1.29, 1.82) is 0 Å². The second-order valence-corrected chi connectivity index (χ2v) is 2.20. The molecule has 0 amide bonds. The second-order valence-electron chi connectivity index (χ2n) is 2.20. The number of aromatic nitrogens is 4. The number of hydrogen-bond acceptors (Lipinski definition) is 6. The molecule has 0 unspecified atom stereocenters. The molecule has 62 valence electrons. The van der Waals surface area contributed by atoms with E-state index in [0.29, 0.717) is 17.4 Å². The maximum Gasteiger partial charge on any atom is 0.209 e. The summed E-state index contributed by atoms with van der Waals surface area (Å²) < 4.78 is 1.56. The molecule has 7 heteroatoms. The number of nitrogen functional groups attached to an aromatic ring is 2. The van der Waals surface area contributed by atoms with Crippen LogP contribution in [0, 0.1) is 0 Å². The van der Waals surface area contributed by atoms with Gasteiger partial charge < -0.3 is 11.2 Å². The lowest BCUT2D eigenvalue weighted by atomic mass is 10.5. The Balaban J connectivity index is 2.75. The van der Waals surface area contributed by atoms with Gasteiger partial charge in [0.1, 0.15) is 12.1 Å². The molecule has 0 bridgehead atoms. The predicted octanol–water partition coefficient (Wildman–Crippen LogP) is -1.01. The molecule has 0 saturated carbocycles. The number of nitrogens with zero attached hydrogens (tertiary/aromatic N) is 4. The minimum atomic E-state index is 0.297. The van der Waals surface area contributed by atoms with Crippen LogP contribution in [0.15, 0.2) is 12.4 Å². The summed E-state index contributed by atoms with van der Waals surface area (Å²) in [5, 5.41) is 7.45. The van der Waals surface area contributed by atoms with Gasteiger partial charge in [0.25, 0.3) is 0 Å². The number of hydrogen-bond donors (Lipinski definition) is 3. The van der Waals surface area contributed by atoms with E-state index in [9.17, 15) is 0 Å². The van der Waals surface area contributed by atoms with E-state index in [1.165, 1.54) is 6.33 Å². The zero-order valence-corrected chi connectivity index (χ0v) is 6.10. The van der Waals surface area contributed by atoms with Crippen molar-refractivity contribution in [3.05, 3.63) is 12.4 Å². The molecule has 0 fully saturated rings. The van der Waals surface area contributed by atoms with Gasteiger partial charge in [0, 0.05) is 6.07 Å². The van der Waals surface area contributed by atoms with Gasteiger partial charge in [0.2, 0.25) is 5.95 Å². The van der Waals surface area contributed by atoms with Gasteiger partial charge in [0.05, 0.1) is 0 Å². The van der Waals surface area contributed by atoms with Crippen molar-refractivity contribution in [2.24, 2.45) is 5.84 Å². The fourth-order valence-corrected chi connectivity index (χ4v) is 0.925. The highest BCUT2D eigenvalue weighted by Gasteiger charge is 2.01. The molecule has 2 aromatic heterocycles. The van der Waals surface area contributed by atoms with E-state index in [1.54, 1.807) is 10.5 Å². The Bertz CT molecular complexity index is 405. The summed E-state index contributed by atoms with van der Waals surface area (Å²) in [4.78, 5) is 3.92. The fraction of sp³-hybridized carbons (Fsp3) is 0. The third kappa shape index (κ3) is 0.839. The molecule has 5 N–H and O–H groups in total. The molecule has 0 atom stereocenters. The topological polar surface area (TPSA) is 107 Å². The normalized spacial score (nSPS) is 10.4. The van der Waals surface area contributed by atoms with E-state index >= 15 is 0 Å². The highest BCUT2D eigenvalue weighted by atomic mass is 15.3. The maximum absolute atomic E-state index is 5.55. The number of anilines is 2. The van der Waals surface area contributed by atoms with Crippen LogP contribution in [0.4, 0.5) is 11.8 Å². The first-order chi connectivity index (χ1) is 5.81. The van der Waals surface area contributed by atoms with Crippen LogP contribution >= 0.6 is 0 Å². The van der Waals surface area contributed by atoms with Gasteiger partial charge in [-0.25, -0.2) is 5.84 Å². The second kappa shape index (κ2) is 2.31. The lowest BCUT2D eigenvalue weighted by molar-refractivity contribution is 1.08. The first kappa shape index (κ1) is 6.80. The minimum absolute atomic E-state index is 0.297. The third-order valence-corrected chi connectivity index (χ3v) is 1.47. The summed E-state index contributed by atoms with van der Waals surface area (Å²) >= 11 is 0. The Hall–Kier alpha value is -1.89. The van der Waals surface area contributed by atoms with Gasteiger partial charge >= 0.3 is 0 Å². The van der Waals surface area contributed by atoms with Crippen LogP contribution in [0.3, 0.4) is 0 Å². The molecule has 2 rings (SSSR count). The Morgan fingerprint density at radius 1 is 1.50 bits per heavy atom. The standard InChI is InChI=1S/C5H7N7/c6-5-9-3(10-7)1-4-11-8-2-12(4)5/h1-2,10H,7H2,(H2,6,9). The first-order valence-electron chi connectivity index (χ1n) is 3.24. The van der Waals surface area contributed by atoms with Gasteiger partial charge in [-0.2, -0.15) is 4.98 Å². The monoisotopic (exact) mass is 165 g/mol. The Morgan fingerprint density at radius 2 is 2.33 bits per heavy atom. The van der Waals surface area contributed by atoms with E-state index in [0.717, 1.165) is 0 Å². The van der Waals surface area contributed by atoms with E-state index in [2.05, 4.69) is 20.6 Å². The van der Waals surface area contributed by atoms with Crippen LogP contribution in [0.5, 0.6) is 0 Å². The highest BCUT2D eigenvalue weighted by molar-refractivity contribution is 5.52. The summed E-state index contributed by atoms with van der Waals surface area (Å²) in [7, 11) is 0. The quantitative estimate of drug-likeness (QED) is 0.369. The van der Waals surface area contributed by atoms with E-state index in [4.69, 9.17) is 11.6 Å². The van der Waals surface area contributed by atoms with E-state index in [1.807, 2.05) is 0 Å². The van der Waals surface area contributed by atoms with Gasteiger partial charge in [0.15, 0.2) is 5.65 Å². The van der Waals surface area contributed by atoms with Crippen molar-refractivity contribution in [2.75, 3.05) is 11.2 Å². The van der Waals surface area contributed by atoms with Crippen LogP contribution in [0.1, 0.15) is 0 Å². The molecule has 0 aliphatic heterocycles. The number of nitrogens with two attached hydrogens (primary N) is 2. The summed E-state index contributed by atoms with van der Waals surface area (Å²) in [5.41, 5.74) is 8.54. The van der Waals surface area contributed by atoms with Crippen LogP contribution < -0.4 is 17.0 Å². The van der Waals surface area contributed by atoms with Gasteiger partial charge in [-0.15, -0.1) is 10.2 Å². The van der Waals surface area contributed by atoms with E-state index in [-0.39, 0.29) is 0 Å². The number of rotatable bonds is 1. The molecule has 2 heterocycles. The Labute approximate surface area is 67.4 Å². The molecule has 0 spiro atoms. The van der Waals surface area contributed by atoms with Crippen molar-refractivity contribution in [3.8, 4) is 0 Å². The smallest absolute Gasteiger partial charge is 0.209 e. The molecule has 7 nitrogen and oxygen atoms in total. The molecule has 0 aromatic carbocycles. The zero-order valence-electron chi connectivity index (χ0n) is 6.10. The summed E-state index contributed by atoms with van der Waals surface area (Å²) in [6.07, 6.45) is 1.48. The first-order valence-corrected chi connectivity index (χ1v) is 3.24. The maximum atomic E-state index is 5.55. The molecule has 0 aliphatic carbocycles. The number of nitrogens with one attached hydrogen (secondary N) is 1. The van der Waals surface area contributed by atoms with Crippen molar-refractivity contribution in [1.82, 2.24) is 19.6 Å². The predicted molar refractivity (Wildman–Crippen MR) is 43.0 cm³/mol. The van der Waals surface area contributed by atoms with Crippen LogP contribution in [0.25, 0.3) is 5.65 Å². The van der Waals surface area contributed by atoms with Crippen LogP contribution in [0.2, 0.25) is 0 Å². The molecule has 2 aromatic rings. The van der Waals surface area contributed by atoms with Gasteiger partial charge in [-0.05, 0) is 0 Å². The van der Waals surface area contributed by atoms with Crippen LogP contribution in [-0.2, 0) is 0 Å². The van der Waals surface area contributed by atoms with E-state index < -0.39 is 0 Å². The lowest BCUT2D eigenvalue weighted by Gasteiger charge is -2.01. The van der Waals surface area contributed by atoms with Crippen molar-refractivity contribution < 1.29 is 0 Å². The average molecular weight is 165 g/mol. The average Bonchev–Trinajstić information content (AvgIpc) is 2.52. The molecule has 0 aliphatic rings. The highest BCUT2D eigenvalue weighted by Crippen LogP contribution is 2.09. The third-order valence-electron chi connectivity index (χ3n) is 1.47. The van der Waals surface area contributed by atoms with Crippen molar-refractivity contribution in [2.45, 2.75) is 0 Å². The largest absolute Gasteiger partial charge is 0.369 e. The van der Waals surface area contributed by atoms with Gasteiger partial charge in [-0.3, -0.25) is 4.40 Å². The molecule has 12 heavy (non-hydrogen) atoms. The molecular formula is C5H7N7. The molecular weight excluding hydrogens is 158 g/mol. The fourth-order valence-electron chi connectivity index (χ4n) is 0.925. The number of hydrazine groups is 1. The Morgan fingerprint density at radius 3 is 3.08 bits per heavy atom. The zero-order chi connectivity index (χ0) is 8.55. The molecule has 0 saturated heterocycles. The summed E-state index contributed by atoms with van der Waals surface area (Å²) in [6, 6.07) is 1.64. The Kier molecular flexibility index (Phi) is 1.31. The summed E-state index contributed by atoms with van der Waals surface area (Å²) in [5.74, 6) is 5.92. The van der Waals surface area contributed by atoms with Gasteiger partial charge in [-0.1, -0.05) is 0 Å². The number of fused-ring (bicyclic) bond motifs is 1. The molecule has 0 radical (unpaired) electrons. The minimum Gasteiger partial charge on any atom is -0.369 e. The summed E-state index contributed by atoms with van der Waals surface area (Å²) in [6.45, 7) is 0. The van der Waals surface area contributed by atoms with Crippen molar-refractivity contribution in [3.63, 3.8) is 0 Å². The van der Waals surface area contributed by atoms with Crippen LogP contribution in [-0.4, -0.2) is 19.6 Å². The SMILES string of the molecule is NNc1cc2nncn2c(N)n1.